The van der Waals surface area contributed by atoms with Gasteiger partial charge in [-0.25, -0.2) is 9.99 Å². The van der Waals surface area contributed by atoms with Crippen molar-refractivity contribution in [3.8, 4) is 11.3 Å². The number of fused-ring (bicyclic) bond motifs is 1. The molecule has 7 rings (SSSR count). The van der Waals surface area contributed by atoms with Gasteiger partial charge in [-0.15, -0.1) is 11.3 Å². The summed E-state index contributed by atoms with van der Waals surface area (Å²) in [5.74, 6) is 0. The van der Waals surface area contributed by atoms with E-state index in [4.69, 9.17) is 26.4 Å². The van der Waals surface area contributed by atoms with Crippen LogP contribution in [0.5, 0.6) is 0 Å². The van der Waals surface area contributed by atoms with Crippen LogP contribution in [-0.4, -0.2) is 37.0 Å². The van der Waals surface area contributed by atoms with Gasteiger partial charge in [-0.1, -0.05) is 72.3 Å². The Bertz CT molecular complexity index is 1640. The Labute approximate surface area is 236 Å². The third kappa shape index (κ3) is 4.91. The minimum Gasteiger partial charge on any atom is -0.378 e. The molecule has 2 aliphatic rings. The fraction of sp³-hybridized carbons (Fsp3) is 0.188. The average Bonchev–Trinajstić information content (AvgIpc) is 3.66. The topological polar surface area (TPSA) is 41.0 Å². The number of ether oxygens (including phenoxy) is 1. The van der Waals surface area contributed by atoms with E-state index in [1.54, 1.807) is 11.3 Å². The Morgan fingerprint density at radius 1 is 0.821 bits per heavy atom. The van der Waals surface area contributed by atoms with E-state index >= 15 is 0 Å². The molecule has 5 aromatic rings. The van der Waals surface area contributed by atoms with Crippen molar-refractivity contribution >= 4 is 50.2 Å². The normalized spacial score (nSPS) is 17.6. The molecule has 0 bridgehead atoms. The molecule has 2 aliphatic heterocycles. The smallest absolute Gasteiger partial charge is 0.207 e. The van der Waals surface area contributed by atoms with Crippen LogP contribution in [0.2, 0.25) is 5.02 Å². The molecular formula is C32H27ClN4OS. The second kappa shape index (κ2) is 10.5. The highest BCUT2D eigenvalue weighted by Crippen LogP contribution is 2.40. The molecule has 1 unspecified atom stereocenters. The first-order valence-corrected chi connectivity index (χ1v) is 14.5. The zero-order valence-corrected chi connectivity index (χ0v) is 22.9. The first-order valence-electron chi connectivity index (χ1n) is 13.2. The number of benzene rings is 4. The maximum atomic E-state index is 6.22. The van der Waals surface area contributed by atoms with Crippen LogP contribution in [0.4, 0.5) is 10.8 Å². The number of hydrogen-bond acceptors (Lipinski definition) is 6. The van der Waals surface area contributed by atoms with E-state index in [2.05, 4.69) is 94.2 Å². The summed E-state index contributed by atoms with van der Waals surface area (Å²) in [5, 5.41) is 13.4. The lowest BCUT2D eigenvalue weighted by atomic mass is 9.98. The molecule has 0 saturated carbocycles. The Morgan fingerprint density at radius 2 is 1.56 bits per heavy atom. The van der Waals surface area contributed by atoms with Crippen LogP contribution in [0.15, 0.2) is 101 Å². The fourth-order valence-electron chi connectivity index (χ4n) is 5.34. The van der Waals surface area contributed by atoms with Crippen LogP contribution in [0.25, 0.3) is 22.0 Å². The van der Waals surface area contributed by atoms with Crippen molar-refractivity contribution in [3.05, 3.63) is 113 Å². The van der Waals surface area contributed by atoms with Crippen molar-refractivity contribution in [1.29, 1.82) is 0 Å². The van der Waals surface area contributed by atoms with Gasteiger partial charge < -0.3 is 9.64 Å². The van der Waals surface area contributed by atoms with Crippen LogP contribution < -0.4 is 9.91 Å². The molecule has 3 heterocycles. The zero-order valence-electron chi connectivity index (χ0n) is 21.3. The number of anilines is 2. The number of hydrazone groups is 1. The van der Waals surface area contributed by atoms with Gasteiger partial charge in [-0.2, -0.15) is 5.10 Å². The third-order valence-electron chi connectivity index (χ3n) is 7.48. The van der Waals surface area contributed by atoms with Gasteiger partial charge >= 0.3 is 0 Å². The number of hydrogen-bond donors (Lipinski definition) is 0. The van der Waals surface area contributed by atoms with Crippen LogP contribution in [0.3, 0.4) is 0 Å². The predicted molar refractivity (Wildman–Crippen MR) is 162 cm³/mol. The molecule has 0 amide bonds. The standard InChI is InChI=1S/C32H27ClN4OS/c33-27-11-7-24(8-12-27)31-20-29(23-9-13-28(14-10-23)36-15-17-38-18-16-36)35-37(31)32-34-30(21-39-32)26-6-5-22-3-1-2-4-25(22)19-26/h1-14,19,21,31H,15-18,20H2. The van der Waals surface area contributed by atoms with Crippen molar-refractivity contribution in [2.75, 3.05) is 36.2 Å². The van der Waals surface area contributed by atoms with Gasteiger partial charge in [0.25, 0.3) is 0 Å². The molecule has 194 valence electrons. The van der Waals surface area contributed by atoms with Crippen molar-refractivity contribution in [1.82, 2.24) is 4.98 Å². The molecule has 0 spiro atoms. The Morgan fingerprint density at radius 3 is 2.36 bits per heavy atom. The van der Waals surface area contributed by atoms with Crippen LogP contribution >= 0.6 is 22.9 Å². The molecule has 1 aromatic heterocycles. The number of halogens is 1. The maximum absolute atomic E-state index is 6.22. The lowest BCUT2D eigenvalue weighted by molar-refractivity contribution is 0.122. The summed E-state index contributed by atoms with van der Waals surface area (Å²) in [6.45, 7) is 3.41. The third-order valence-corrected chi connectivity index (χ3v) is 8.56. The second-order valence-corrected chi connectivity index (χ2v) is 11.2. The first-order chi connectivity index (χ1) is 19.2. The van der Waals surface area contributed by atoms with Crippen LogP contribution in [0, 0.1) is 0 Å². The molecule has 1 fully saturated rings. The average molecular weight is 551 g/mol. The number of morpholine rings is 1. The highest BCUT2D eigenvalue weighted by Gasteiger charge is 2.32. The minimum absolute atomic E-state index is 0.0480. The molecule has 1 atom stereocenters. The van der Waals surface area contributed by atoms with E-state index in [0.717, 1.165) is 65.4 Å². The summed E-state index contributed by atoms with van der Waals surface area (Å²) in [4.78, 5) is 7.43. The SMILES string of the molecule is Clc1ccc(C2CC(c3ccc(N4CCOCC4)cc3)=NN2c2nc(-c3ccc4ccccc4c3)cs2)cc1. The predicted octanol–water partition coefficient (Wildman–Crippen LogP) is 7.81. The van der Waals surface area contributed by atoms with Gasteiger partial charge in [0, 0.05) is 41.2 Å². The number of rotatable bonds is 5. The van der Waals surface area contributed by atoms with Crippen molar-refractivity contribution in [2.24, 2.45) is 5.10 Å². The fourth-order valence-corrected chi connectivity index (χ4v) is 6.30. The highest BCUT2D eigenvalue weighted by molar-refractivity contribution is 7.14. The van der Waals surface area contributed by atoms with Gasteiger partial charge in [-0.05, 0) is 52.2 Å². The van der Waals surface area contributed by atoms with Crippen molar-refractivity contribution < 1.29 is 4.74 Å². The Kier molecular flexibility index (Phi) is 6.52. The summed E-state index contributed by atoms with van der Waals surface area (Å²) in [6.07, 6.45) is 0.795. The molecular weight excluding hydrogens is 524 g/mol. The van der Waals surface area contributed by atoms with Crippen molar-refractivity contribution in [3.63, 3.8) is 0 Å². The molecule has 7 heteroatoms. The van der Waals surface area contributed by atoms with E-state index in [9.17, 15) is 0 Å². The number of thiazole rings is 1. The lowest BCUT2D eigenvalue weighted by Crippen LogP contribution is -2.36. The van der Waals surface area contributed by atoms with E-state index in [1.807, 2.05) is 12.1 Å². The van der Waals surface area contributed by atoms with Gasteiger partial charge in [0.15, 0.2) is 0 Å². The molecule has 4 aromatic carbocycles. The second-order valence-electron chi connectivity index (χ2n) is 9.89. The van der Waals surface area contributed by atoms with Crippen molar-refractivity contribution in [2.45, 2.75) is 12.5 Å². The zero-order chi connectivity index (χ0) is 26.2. The summed E-state index contributed by atoms with van der Waals surface area (Å²) in [7, 11) is 0. The van der Waals surface area contributed by atoms with E-state index in [0.29, 0.717) is 0 Å². The van der Waals surface area contributed by atoms with Gasteiger partial charge in [0.1, 0.15) is 0 Å². The molecule has 0 N–H and O–H groups in total. The Balaban J connectivity index is 1.21. The largest absolute Gasteiger partial charge is 0.378 e. The molecule has 0 aliphatic carbocycles. The van der Waals surface area contributed by atoms with E-state index in [1.165, 1.54) is 22.0 Å². The van der Waals surface area contributed by atoms with Gasteiger partial charge in [0.2, 0.25) is 5.13 Å². The molecule has 5 nitrogen and oxygen atoms in total. The minimum atomic E-state index is 0.0480. The highest BCUT2D eigenvalue weighted by atomic mass is 35.5. The molecule has 39 heavy (non-hydrogen) atoms. The summed E-state index contributed by atoms with van der Waals surface area (Å²) >= 11 is 7.85. The van der Waals surface area contributed by atoms with Gasteiger partial charge in [-0.3, -0.25) is 0 Å². The van der Waals surface area contributed by atoms with Crippen LogP contribution in [0.1, 0.15) is 23.6 Å². The summed E-state index contributed by atoms with van der Waals surface area (Å²) in [6, 6.07) is 31.8. The van der Waals surface area contributed by atoms with Gasteiger partial charge in [0.05, 0.1) is 30.7 Å². The number of aromatic nitrogens is 1. The lowest BCUT2D eigenvalue weighted by Gasteiger charge is -2.28. The van der Waals surface area contributed by atoms with Crippen LogP contribution in [-0.2, 0) is 4.74 Å². The Hall–Kier alpha value is -3.71. The maximum Gasteiger partial charge on any atom is 0.207 e. The molecule has 0 radical (unpaired) electrons. The van der Waals surface area contributed by atoms with E-state index < -0.39 is 0 Å². The summed E-state index contributed by atoms with van der Waals surface area (Å²) in [5.41, 5.74) is 6.68. The quantitative estimate of drug-likeness (QED) is 0.224. The van der Waals surface area contributed by atoms with E-state index in [-0.39, 0.29) is 6.04 Å². The monoisotopic (exact) mass is 550 g/mol. The molecule has 1 saturated heterocycles. The number of nitrogens with zero attached hydrogens (tertiary/aromatic N) is 4. The first kappa shape index (κ1) is 24.3. The summed E-state index contributed by atoms with van der Waals surface area (Å²) < 4.78 is 5.51.